The molecule has 10 unspecified atom stereocenters. The van der Waals surface area contributed by atoms with Gasteiger partial charge >= 0.3 is 17.9 Å². The van der Waals surface area contributed by atoms with Crippen LogP contribution >= 0.6 is 0 Å². The molecule has 200 valence electrons. The first kappa shape index (κ1) is 32.6. The summed E-state index contributed by atoms with van der Waals surface area (Å²) in [6.45, 7) is 10.3. The average molecular weight is 483 g/mol. The van der Waals surface area contributed by atoms with Crippen LogP contribution in [-0.4, -0.2) is 23.5 Å². The van der Waals surface area contributed by atoms with Crippen molar-refractivity contribution >= 4 is 17.9 Å². The molecule has 0 radical (unpaired) electrons. The third kappa shape index (κ3) is 5.38. The summed E-state index contributed by atoms with van der Waals surface area (Å²) in [5.74, 6) is 3.47. The van der Waals surface area contributed by atoms with E-state index in [1.165, 1.54) is 25.7 Å². The summed E-state index contributed by atoms with van der Waals surface area (Å²) in [6, 6.07) is 0. The number of carbonyl (C=O) groups excluding carboxylic acids is 3. The van der Waals surface area contributed by atoms with Crippen molar-refractivity contribution in [2.45, 2.75) is 115 Å². The number of fused-ring (bicyclic) bond motifs is 4. The molecule has 0 spiro atoms. The standard InChI is InChI=1S/C19H30O2.C6H8O3.4CH4/c1-4-19(10-13-5-6-15(19)7-13)21-18(20)17-9-14-8-16(17)12(3)11(14)2;1-3-4(2)6(8)9-5(3)7;;;;/h11-17H,4-10H2,1-3H3;3-4H,1-2H3;4*1H4. The van der Waals surface area contributed by atoms with Gasteiger partial charge in [0.2, 0.25) is 0 Å². The highest BCUT2D eigenvalue weighted by Gasteiger charge is 2.56. The van der Waals surface area contributed by atoms with Crippen LogP contribution in [0.3, 0.4) is 0 Å². The fourth-order valence-electron chi connectivity index (χ4n) is 7.20. The molecule has 4 bridgehead atoms. The van der Waals surface area contributed by atoms with Crippen LogP contribution in [0.25, 0.3) is 0 Å². The van der Waals surface area contributed by atoms with Crippen LogP contribution in [0, 0.1) is 53.3 Å². The minimum absolute atomic E-state index is 0. The molecule has 0 N–H and O–H groups in total. The van der Waals surface area contributed by atoms with Crippen LogP contribution in [0.2, 0.25) is 0 Å². The van der Waals surface area contributed by atoms with Crippen molar-refractivity contribution in [3.05, 3.63) is 0 Å². The van der Waals surface area contributed by atoms with Gasteiger partial charge in [-0.15, -0.1) is 0 Å². The molecule has 5 nitrogen and oxygen atoms in total. The van der Waals surface area contributed by atoms with E-state index >= 15 is 0 Å². The van der Waals surface area contributed by atoms with Crippen molar-refractivity contribution < 1.29 is 23.9 Å². The zero-order chi connectivity index (χ0) is 21.8. The number of cyclic esters (lactones) is 2. The second-order valence-corrected chi connectivity index (χ2v) is 11.0. The molecule has 5 rings (SSSR count). The zero-order valence-corrected chi connectivity index (χ0v) is 19.2. The van der Waals surface area contributed by atoms with Gasteiger partial charge < -0.3 is 9.47 Å². The summed E-state index contributed by atoms with van der Waals surface area (Å²) < 4.78 is 10.6. The number of esters is 3. The monoisotopic (exact) mass is 482 g/mol. The largest absolute Gasteiger partial charge is 0.459 e. The SMILES string of the molecule is C.C.C.C.CC1C(=O)OC(=O)C1C.CCC1(OC(=O)C2CC3CC2C(C)C3C)CC2CCC1C2. The molecule has 0 aromatic rings. The first-order valence-corrected chi connectivity index (χ1v) is 12.1. The molecule has 10 atom stereocenters. The molecule has 0 aromatic carbocycles. The smallest absolute Gasteiger partial charge is 0.317 e. The Morgan fingerprint density at radius 2 is 1.50 bits per heavy atom. The highest BCUT2D eigenvalue weighted by Crippen LogP contribution is 2.57. The van der Waals surface area contributed by atoms with Gasteiger partial charge in [-0.3, -0.25) is 14.4 Å². The predicted octanol–water partition coefficient (Wildman–Crippen LogP) is 7.31. The van der Waals surface area contributed by atoms with Gasteiger partial charge in [0.25, 0.3) is 0 Å². The van der Waals surface area contributed by atoms with Gasteiger partial charge in [0.1, 0.15) is 5.60 Å². The number of hydrogen-bond donors (Lipinski definition) is 0. The van der Waals surface area contributed by atoms with E-state index in [0.717, 1.165) is 37.0 Å². The molecular weight excluding hydrogens is 428 g/mol. The topological polar surface area (TPSA) is 69.7 Å². The molecule has 5 fully saturated rings. The van der Waals surface area contributed by atoms with Gasteiger partial charge in [-0.05, 0) is 80.5 Å². The zero-order valence-electron chi connectivity index (χ0n) is 19.2. The van der Waals surface area contributed by atoms with Crippen LogP contribution < -0.4 is 0 Å². The summed E-state index contributed by atoms with van der Waals surface area (Å²) in [5, 5.41) is 0. The fraction of sp³-hybridized carbons (Fsp3) is 0.897. The Balaban J connectivity index is 0.000000728. The highest BCUT2D eigenvalue weighted by atomic mass is 16.6. The normalized spacial score (nSPS) is 42.8. The van der Waals surface area contributed by atoms with Gasteiger partial charge in [-0.1, -0.05) is 64.3 Å². The summed E-state index contributed by atoms with van der Waals surface area (Å²) in [7, 11) is 0. The van der Waals surface area contributed by atoms with Gasteiger partial charge in [-0.2, -0.15) is 0 Å². The lowest BCUT2D eigenvalue weighted by molar-refractivity contribution is -0.174. The van der Waals surface area contributed by atoms with Crippen LogP contribution in [0.1, 0.15) is 109 Å². The average Bonchev–Trinajstić information content (AvgIpc) is 3.52. The molecule has 1 aliphatic heterocycles. The van der Waals surface area contributed by atoms with E-state index in [9.17, 15) is 14.4 Å². The van der Waals surface area contributed by atoms with Crippen molar-refractivity contribution in [3.8, 4) is 0 Å². The Morgan fingerprint density at radius 3 is 1.85 bits per heavy atom. The minimum Gasteiger partial charge on any atom is -0.459 e. The maximum Gasteiger partial charge on any atom is 0.317 e. The molecule has 5 heteroatoms. The first-order valence-electron chi connectivity index (χ1n) is 12.1. The third-order valence-electron chi connectivity index (χ3n) is 9.72. The van der Waals surface area contributed by atoms with Crippen molar-refractivity contribution in [2.24, 2.45) is 53.3 Å². The predicted molar refractivity (Wildman–Crippen MR) is 139 cm³/mol. The Bertz CT molecular complexity index is 697. The van der Waals surface area contributed by atoms with Gasteiger partial charge in [-0.25, -0.2) is 0 Å². The molecule has 1 saturated heterocycles. The maximum atomic E-state index is 12.9. The van der Waals surface area contributed by atoms with Crippen molar-refractivity contribution in [2.75, 3.05) is 0 Å². The number of rotatable bonds is 3. The lowest BCUT2D eigenvalue weighted by Gasteiger charge is -2.39. The molecule has 4 aliphatic carbocycles. The Kier molecular flexibility index (Phi) is 11.5. The van der Waals surface area contributed by atoms with E-state index in [1.807, 2.05) is 0 Å². The molecule has 0 amide bonds. The van der Waals surface area contributed by atoms with Crippen LogP contribution in [0.5, 0.6) is 0 Å². The second kappa shape index (κ2) is 12.0. The summed E-state index contributed by atoms with van der Waals surface area (Å²) in [5.41, 5.74) is -0.0866. The summed E-state index contributed by atoms with van der Waals surface area (Å²) in [4.78, 5) is 34.0. The number of hydrogen-bond acceptors (Lipinski definition) is 5. The van der Waals surface area contributed by atoms with Gasteiger partial charge in [0.15, 0.2) is 0 Å². The summed E-state index contributed by atoms with van der Waals surface area (Å²) >= 11 is 0. The van der Waals surface area contributed by atoms with E-state index in [0.29, 0.717) is 17.8 Å². The Morgan fingerprint density at radius 1 is 0.912 bits per heavy atom. The second-order valence-electron chi connectivity index (χ2n) is 11.0. The maximum absolute atomic E-state index is 12.9. The summed E-state index contributed by atoms with van der Waals surface area (Å²) in [6.07, 6.45) is 8.50. The lowest BCUT2D eigenvalue weighted by atomic mass is 9.75. The van der Waals surface area contributed by atoms with E-state index in [1.54, 1.807) is 13.8 Å². The molecule has 5 aliphatic rings. The first-order chi connectivity index (χ1) is 14.2. The van der Waals surface area contributed by atoms with E-state index in [2.05, 4.69) is 25.5 Å². The molecular formula is C29H54O5. The number of ether oxygens (including phenoxy) is 2. The highest BCUT2D eigenvalue weighted by molar-refractivity contribution is 5.95. The van der Waals surface area contributed by atoms with Crippen molar-refractivity contribution in [1.82, 2.24) is 0 Å². The van der Waals surface area contributed by atoms with Crippen LogP contribution in [-0.2, 0) is 23.9 Å². The van der Waals surface area contributed by atoms with Crippen LogP contribution in [0.4, 0.5) is 0 Å². The van der Waals surface area contributed by atoms with Crippen LogP contribution in [0.15, 0.2) is 0 Å². The van der Waals surface area contributed by atoms with Gasteiger partial charge in [0, 0.05) is 0 Å². The molecule has 34 heavy (non-hydrogen) atoms. The van der Waals surface area contributed by atoms with Crippen molar-refractivity contribution in [1.29, 1.82) is 0 Å². The lowest BCUT2D eigenvalue weighted by Crippen LogP contribution is -2.43. The molecule has 0 aromatic heterocycles. The third-order valence-corrected chi connectivity index (χ3v) is 9.72. The van der Waals surface area contributed by atoms with E-state index in [4.69, 9.17) is 4.74 Å². The minimum atomic E-state index is -0.396. The van der Waals surface area contributed by atoms with Gasteiger partial charge in [0.05, 0.1) is 17.8 Å². The Labute approximate surface area is 210 Å². The quantitative estimate of drug-likeness (QED) is 0.311. The fourth-order valence-corrected chi connectivity index (χ4v) is 7.20. The molecule has 1 heterocycles. The van der Waals surface area contributed by atoms with E-state index in [-0.39, 0.29) is 59.0 Å². The van der Waals surface area contributed by atoms with Crippen molar-refractivity contribution in [3.63, 3.8) is 0 Å². The van der Waals surface area contributed by atoms with E-state index < -0.39 is 11.9 Å². The Hall–Kier alpha value is -1.39. The molecule has 4 saturated carbocycles. The number of carbonyl (C=O) groups is 3.